The zero-order chi connectivity index (χ0) is 14.4. The number of hydrogen-bond acceptors (Lipinski definition) is 4. The van der Waals surface area contributed by atoms with Gasteiger partial charge in [-0.15, -0.1) is 0 Å². The highest BCUT2D eigenvalue weighted by atomic mass is 16.6. The standard InChI is InChI=1S/C12H13N3O4/c1-7-6-8(4-5-9(7)15(18)19)14-10(16)12(2,3)13-11(14)17/h4-6H,1-3H3,(H,13,17). The average Bonchev–Trinajstić information content (AvgIpc) is 2.47. The van der Waals surface area contributed by atoms with E-state index in [0.717, 1.165) is 4.90 Å². The molecule has 0 spiro atoms. The number of carbonyl (C=O) groups is 2. The molecule has 3 amide bonds. The third-order valence-corrected chi connectivity index (χ3v) is 3.00. The second kappa shape index (κ2) is 4.04. The van der Waals surface area contributed by atoms with Gasteiger partial charge in [0.1, 0.15) is 5.54 Å². The fourth-order valence-corrected chi connectivity index (χ4v) is 1.97. The molecule has 1 aliphatic rings. The Hall–Kier alpha value is -2.44. The molecule has 7 heteroatoms. The molecule has 0 bridgehead atoms. The van der Waals surface area contributed by atoms with Crippen molar-refractivity contribution in [2.24, 2.45) is 0 Å². The van der Waals surface area contributed by atoms with Gasteiger partial charge >= 0.3 is 6.03 Å². The molecule has 2 rings (SSSR count). The van der Waals surface area contributed by atoms with Crippen molar-refractivity contribution in [1.82, 2.24) is 5.32 Å². The van der Waals surface area contributed by atoms with Crippen LogP contribution in [0.3, 0.4) is 0 Å². The Morgan fingerprint density at radius 2 is 1.95 bits per heavy atom. The lowest BCUT2D eigenvalue weighted by atomic mass is 10.1. The van der Waals surface area contributed by atoms with Crippen LogP contribution in [0.25, 0.3) is 0 Å². The molecule has 1 fully saturated rings. The molecule has 1 heterocycles. The molecule has 0 saturated carbocycles. The fraction of sp³-hybridized carbons (Fsp3) is 0.333. The maximum atomic E-state index is 12.1. The molecule has 7 nitrogen and oxygen atoms in total. The van der Waals surface area contributed by atoms with Crippen LogP contribution >= 0.6 is 0 Å². The Morgan fingerprint density at radius 3 is 2.37 bits per heavy atom. The number of imide groups is 1. The van der Waals surface area contributed by atoms with Crippen LogP contribution in [0.5, 0.6) is 0 Å². The lowest BCUT2D eigenvalue weighted by Gasteiger charge is -2.16. The fourth-order valence-electron chi connectivity index (χ4n) is 1.97. The summed E-state index contributed by atoms with van der Waals surface area (Å²) >= 11 is 0. The minimum absolute atomic E-state index is 0.0462. The molecule has 0 unspecified atom stereocenters. The normalized spacial score (nSPS) is 17.5. The van der Waals surface area contributed by atoms with Gasteiger partial charge < -0.3 is 5.32 Å². The Labute approximate surface area is 109 Å². The first-order chi connectivity index (χ1) is 8.74. The summed E-state index contributed by atoms with van der Waals surface area (Å²) in [5, 5.41) is 13.3. The van der Waals surface area contributed by atoms with Gasteiger partial charge in [-0.2, -0.15) is 0 Å². The van der Waals surface area contributed by atoms with Crippen LogP contribution in [0.2, 0.25) is 0 Å². The van der Waals surface area contributed by atoms with Crippen LogP contribution in [-0.2, 0) is 4.79 Å². The third kappa shape index (κ3) is 2.03. The number of nitrogens with zero attached hydrogens (tertiary/aromatic N) is 2. The van der Waals surface area contributed by atoms with Gasteiger partial charge in [0.05, 0.1) is 10.6 Å². The number of benzene rings is 1. The van der Waals surface area contributed by atoms with Crippen molar-refractivity contribution in [2.45, 2.75) is 26.3 Å². The molecule has 100 valence electrons. The topological polar surface area (TPSA) is 92.6 Å². The summed E-state index contributed by atoms with van der Waals surface area (Å²) in [6, 6.07) is 3.61. The monoisotopic (exact) mass is 263 g/mol. The first kappa shape index (κ1) is 13.0. The molecule has 0 aliphatic carbocycles. The number of urea groups is 1. The zero-order valence-electron chi connectivity index (χ0n) is 10.8. The summed E-state index contributed by atoms with van der Waals surface area (Å²) in [4.78, 5) is 35.1. The van der Waals surface area contributed by atoms with Crippen LogP contribution in [0.4, 0.5) is 16.2 Å². The maximum Gasteiger partial charge on any atom is 0.329 e. The molecule has 1 aliphatic heterocycles. The van der Waals surface area contributed by atoms with Gasteiger partial charge in [-0.05, 0) is 32.9 Å². The van der Waals surface area contributed by atoms with Crippen molar-refractivity contribution in [3.63, 3.8) is 0 Å². The van der Waals surface area contributed by atoms with Crippen molar-refractivity contribution in [1.29, 1.82) is 0 Å². The first-order valence-corrected chi connectivity index (χ1v) is 5.66. The zero-order valence-corrected chi connectivity index (χ0v) is 10.8. The van der Waals surface area contributed by atoms with E-state index in [4.69, 9.17) is 0 Å². The largest absolute Gasteiger partial charge is 0.329 e. The Morgan fingerprint density at radius 1 is 1.32 bits per heavy atom. The molecule has 19 heavy (non-hydrogen) atoms. The number of nitrogens with one attached hydrogen (secondary N) is 1. The van der Waals surface area contributed by atoms with E-state index < -0.39 is 16.5 Å². The summed E-state index contributed by atoms with van der Waals surface area (Å²) in [7, 11) is 0. The van der Waals surface area contributed by atoms with Crippen molar-refractivity contribution in [2.75, 3.05) is 4.90 Å². The van der Waals surface area contributed by atoms with Gasteiger partial charge in [-0.3, -0.25) is 14.9 Å². The molecule has 1 aromatic rings. The van der Waals surface area contributed by atoms with Crippen molar-refractivity contribution in [3.8, 4) is 0 Å². The highest BCUT2D eigenvalue weighted by molar-refractivity contribution is 6.23. The second-order valence-corrected chi connectivity index (χ2v) is 4.92. The number of aryl methyl sites for hydroxylation is 1. The smallest absolute Gasteiger partial charge is 0.323 e. The number of hydrogen-bond donors (Lipinski definition) is 1. The lowest BCUT2D eigenvalue weighted by molar-refractivity contribution is -0.385. The number of carbonyl (C=O) groups excluding carboxylic acids is 2. The Balaban J connectivity index is 2.44. The number of rotatable bonds is 2. The highest BCUT2D eigenvalue weighted by Crippen LogP contribution is 2.28. The van der Waals surface area contributed by atoms with Crippen LogP contribution < -0.4 is 10.2 Å². The number of anilines is 1. The van der Waals surface area contributed by atoms with Crippen molar-refractivity contribution < 1.29 is 14.5 Å². The van der Waals surface area contributed by atoms with E-state index in [1.165, 1.54) is 18.2 Å². The van der Waals surface area contributed by atoms with E-state index in [0.29, 0.717) is 11.3 Å². The Kier molecular flexibility index (Phi) is 2.77. The predicted molar refractivity (Wildman–Crippen MR) is 67.9 cm³/mol. The first-order valence-electron chi connectivity index (χ1n) is 5.66. The van der Waals surface area contributed by atoms with Gasteiger partial charge in [0.2, 0.25) is 0 Å². The van der Waals surface area contributed by atoms with E-state index in [2.05, 4.69) is 5.32 Å². The summed E-state index contributed by atoms with van der Waals surface area (Å²) in [5.74, 6) is -0.384. The van der Waals surface area contributed by atoms with E-state index in [1.807, 2.05) is 0 Å². The van der Waals surface area contributed by atoms with E-state index in [9.17, 15) is 19.7 Å². The molecular weight excluding hydrogens is 250 g/mol. The van der Waals surface area contributed by atoms with Crippen LogP contribution in [0.15, 0.2) is 18.2 Å². The summed E-state index contributed by atoms with van der Waals surface area (Å²) < 4.78 is 0. The molecule has 0 atom stereocenters. The van der Waals surface area contributed by atoms with Gasteiger partial charge in [0.25, 0.3) is 11.6 Å². The number of nitro groups is 1. The van der Waals surface area contributed by atoms with Crippen LogP contribution in [0.1, 0.15) is 19.4 Å². The van der Waals surface area contributed by atoms with Gasteiger partial charge in [0, 0.05) is 11.6 Å². The van der Waals surface area contributed by atoms with Gasteiger partial charge in [-0.1, -0.05) is 0 Å². The van der Waals surface area contributed by atoms with E-state index in [1.54, 1.807) is 20.8 Å². The average molecular weight is 263 g/mol. The van der Waals surface area contributed by atoms with Crippen molar-refractivity contribution in [3.05, 3.63) is 33.9 Å². The minimum Gasteiger partial charge on any atom is -0.323 e. The molecular formula is C12H13N3O4. The SMILES string of the molecule is Cc1cc(N2C(=O)NC(C)(C)C2=O)ccc1[N+](=O)[O-]. The van der Waals surface area contributed by atoms with Crippen LogP contribution in [-0.4, -0.2) is 22.4 Å². The molecule has 1 saturated heterocycles. The predicted octanol–water partition coefficient (Wildman–Crippen LogP) is 1.74. The summed E-state index contributed by atoms with van der Waals surface area (Å²) in [5.41, 5.74) is -0.286. The van der Waals surface area contributed by atoms with Crippen molar-refractivity contribution >= 4 is 23.3 Å². The maximum absolute atomic E-state index is 12.1. The van der Waals surface area contributed by atoms with E-state index >= 15 is 0 Å². The summed E-state index contributed by atoms with van der Waals surface area (Å²) in [6.45, 7) is 4.77. The van der Waals surface area contributed by atoms with Gasteiger partial charge in [0.15, 0.2) is 0 Å². The molecule has 0 aromatic heterocycles. The molecule has 1 aromatic carbocycles. The number of nitro benzene ring substituents is 1. The summed E-state index contributed by atoms with van der Waals surface area (Å²) in [6.07, 6.45) is 0. The Bertz CT molecular complexity index is 595. The lowest BCUT2D eigenvalue weighted by Crippen LogP contribution is -2.40. The third-order valence-electron chi connectivity index (χ3n) is 3.00. The van der Waals surface area contributed by atoms with Gasteiger partial charge in [-0.25, -0.2) is 9.69 Å². The molecule has 1 N–H and O–H groups in total. The second-order valence-electron chi connectivity index (χ2n) is 4.92. The quantitative estimate of drug-likeness (QED) is 0.499. The number of amides is 3. The molecule has 0 radical (unpaired) electrons. The van der Waals surface area contributed by atoms with E-state index in [-0.39, 0.29) is 11.6 Å². The minimum atomic E-state index is -0.966. The highest BCUT2D eigenvalue weighted by Gasteiger charge is 2.45. The van der Waals surface area contributed by atoms with Crippen LogP contribution in [0, 0.1) is 17.0 Å².